The molecule has 9 heteroatoms. The fourth-order valence-corrected chi connectivity index (χ4v) is 3.20. The molecule has 3 aromatic rings. The average Bonchev–Trinajstić information content (AvgIpc) is 2.71. The summed E-state index contributed by atoms with van der Waals surface area (Å²) >= 11 is 2.82. The molecule has 1 aromatic heterocycles. The summed E-state index contributed by atoms with van der Waals surface area (Å²) in [7, 11) is 0. The third kappa shape index (κ3) is 4.73. The zero-order chi connectivity index (χ0) is 21.8. The van der Waals surface area contributed by atoms with Crippen LogP contribution in [0.5, 0.6) is 0 Å². The molecule has 6 nitrogen and oxygen atoms in total. The Morgan fingerprint density at radius 3 is 2.53 bits per heavy atom. The molecule has 1 heterocycles. The van der Waals surface area contributed by atoms with E-state index in [1.54, 1.807) is 24.3 Å². The Balaban J connectivity index is 1.95. The Bertz CT molecular complexity index is 1130. The summed E-state index contributed by atoms with van der Waals surface area (Å²) in [5.74, 6) is -1.58. The Morgan fingerprint density at radius 1 is 1.20 bits per heavy atom. The summed E-state index contributed by atoms with van der Waals surface area (Å²) in [6.07, 6.45) is 1.06. The fourth-order valence-electron chi connectivity index (χ4n) is 2.97. The zero-order valence-corrected chi connectivity index (χ0v) is 17.6. The fraction of sp³-hybridized carbons (Fsp3) is 0.190. The van der Waals surface area contributed by atoms with Crippen LogP contribution in [-0.4, -0.2) is 27.5 Å². The summed E-state index contributed by atoms with van der Waals surface area (Å²) in [6.45, 7) is 2.22. The van der Waals surface area contributed by atoms with Crippen molar-refractivity contribution in [2.75, 3.05) is 11.4 Å². The second-order valence-corrected chi connectivity index (χ2v) is 7.37. The predicted molar refractivity (Wildman–Crippen MR) is 112 cm³/mol. The van der Waals surface area contributed by atoms with Crippen molar-refractivity contribution in [3.05, 3.63) is 86.2 Å². The maximum atomic E-state index is 13.9. The van der Waals surface area contributed by atoms with Crippen molar-refractivity contribution >= 4 is 27.7 Å². The summed E-state index contributed by atoms with van der Waals surface area (Å²) in [4.78, 5) is 25.0. The van der Waals surface area contributed by atoms with Gasteiger partial charge in [0.05, 0.1) is 10.2 Å². The molecule has 3 rings (SSSR count). The highest BCUT2D eigenvalue weighted by Crippen LogP contribution is 2.23. The second-order valence-electron chi connectivity index (χ2n) is 6.58. The highest BCUT2D eigenvalue weighted by molar-refractivity contribution is 9.10. The molecule has 0 unspecified atom stereocenters. The van der Waals surface area contributed by atoms with Gasteiger partial charge in [-0.25, -0.2) is 18.3 Å². The minimum absolute atomic E-state index is 0.128. The van der Waals surface area contributed by atoms with Gasteiger partial charge in [0.25, 0.3) is 0 Å². The van der Waals surface area contributed by atoms with Gasteiger partial charge in [0.1, 0.15) is 17.3 Å². The lowest BCUT2D eigenvalue weighted by molar-refractivity contribution is 0.202. The lowest BCUT2D eigenvalue weighted by atomic mass is 10.1. The molecule has 1 N–H and O–H groups in total. The Morgan fingerprint density at radius 2 is 1.90 bits per heavy atom. The number of halogens is 3. The highest BCUT2D eigenvalue weighted by Gasteiger charge is 2.15. The number of carbonyl (C=O) groups is 1. The molecule has 0 aliphatic carbocycles. The molecule has 30 heavy (non-hydrogen) atoms. The topological polar surface area (TPSA) is 75.4 Å². The molecule has 0 radical (unpaired) electrons. The van der Waals surface area contributed by atoms with Crippen LogP contribution in [0.1, 0.15) is 24.6 Å². The molecule has 0 fully saturated rings. The van der Waals surface area contributed by atoms with Crippen molar-refractivity contribution in [1.82, 2.24) is 9.78 Å². The van der Waals surface area contributed by atoms with Gasteiger partial charge in [-0.2, -0.15) is 5.10 Å². The van der Waals surface area contributed by atoms with Crippen LogP contribution >= 0.6 is 15.9 Å². The van der Waals surface area contributed by atoms with E-state index in [-0.39, 0.29) is 27.7 Å². The molecule has 156 valence electrons. The maximum absolute atomic E-state index is 13.9. The quantitative estimate of drug-likeness (QED) is 0.519. The molecule has 0 aliphatic rings. The van der Waals surface area contributed by atoms with Gasteiger partial charge in [-0.15, -0.1) is 0 Å². The van der Waals surface area contributed by atoms with Crippen molar-refractivity contribution in [2.45, 2.75) is 19.8 Å². The van der Waals surface area contributed by atoms with Crippen molar-refractivity contribution in [3.8, 4) is 5.69 Å². The summed E-state index contributed by atoms with van der Waals surface area (Å²) in [6, 6.07) is 10.3. The Kier molecular flexibility index (Phi) is 6.61. The van der Waals surface area contributed by atoms with Gasteiger partial charge >= 0.3 is 6.09 Å². The number of carboxylic acid groups (broad SMARTS) is 1. The Hall–Kier alpha value is -3.07. The molecule has 1 amide bonds. The van der Waals surface area contributed by atoms with Gasteiger partial charge in [0.15, 0.2) is 0 Å². The minimum Gasteiger partial charge on any atom is -0.465 e. The van der Waals surface area contributed by atoms with E-state index in [0.29, 0.717) is 24.2 Å². The summed E-state index contributed by atoms with van der Waals surface area (Å²) < 4.78 is 28.7. The SMILES string of the molecule is CCCN(C(=O)O)c1cccc(Cc2nn(-c3cc(F)c(Br)c(F)c3)ccc2=O)c1. The smallest absolute Gasteiger partial charge is 0.411 e. The van der Waals surface area contributed by atoms with Crippen LogP contribution in [0.25, 0.3) is 5.69 Å². The molecule has 0 saturated heterocycles. The molecular formula is C21H18BrF2N3O3. The number of hydrogen-bond acceptors (Lipinski definition) is 3. The molecule has 0 bridgehead atoms. The first-order chi connectivity index (χ1) is 14.3. The third-order valence-electron chi connectivity index (χ3n) is 4.39. The molecule has 0 spiro atoms. The van der Waals surface area contributed by atoms with E-state index < -0.39 is 17.7 Å². The lowest BCUT2D eigenvalue weighted by Gasteiger charge is -2.19. The number of benzene rings is 2. The number of aromatic nitrogens is 2. The van der Waals surface area contributed by atoms with Crippen LogP contribution in [0.15, 0.2) is 57.9 Å². The molecule has 0 atom stereocenters. The maximum Gasteiger partial charge on any atom is 0.411 e. The lowest BCUT2D eigenvalue weighted by Crippen LogP contribution is -2.29. The van der Waals surface area contributed by atoms with E-state index in [1.807, 2.05) is 6.92 Å². The summed E-state index contributed by atoms with van der Waals surface area (Å²) in [5.41, 5.74) is 1.14. The van der Waals surface area contributed by atoms with Crippen molar-refractivity contribution < 1.29 is 18.7 Å². The first-order valence-electron chi connectivity index (χ1n) is 9.13. The van der Waals surface area contributed by atoms with Gasteiger partial charge in [-0.1, -0.05) is 19.1 Å². The molecule has 0 saturated carbocycles. The van der Waals surface area contributed by atoms with E-state index in [0.717, 1.165) is 12.1 Å². The van der Waals surface area contributed by atoms with Crippen LogP contribution < -0.4 is 10.3 Å². The first-order valence-corrected chi connectivity index (χ1v) is 9.92. The largest absolute Gasteiger partial charge is 0.465 e. The van der Waals surface area contributed by atoms with Gasteiger partial charge < -0.3 is 5.11 Å². The summed E-state index contributed by atoms with van der Waals surface area (Å²) in [5, 5.41) is 13.6. The van der Waals surface area contributed by atoms with E-state index >= 15 is 0 Å². The van der Waals surface area contributed by atoms with Gasteiger partial charge in [-0.05, 0) is 40.0 Å². The number of hydrogen-bond donors (Lipinski definition) is 1. The van der Waals surface area contributed by atoms with Gasteiger partial charge in [0.2, 0.25) is 5.43 Å². The number of amides is 1. The van der Waals surface area contributed by atoms with E-state index in [1.165, 1.54) is 21.8 Å². The standard InChI is InChI=1S/C21H18BrF2N3O3/c1-2-7-26(21(29)30)14-5-3-4-13(9-14)10-18-19(28)6-8-27(25-18)15-11-16(23)20(22)17(24)12-15/h3-6,8-9,11-12H,2,7,10H2,1H3,(H,29,30). The van der Waals surface area contributed by atoms with Crippen molar-refractivity contribution in [1.29, 1.82) is 0 Å². The van der Waals surface area contributed by atoms with Crippen LogP contribution in [-0.2, 0) is 6.42 Å². The second kappa shape index (κ2) is 9.17. The highest BCUT2D eigenvalue weighted by atomic mass is 79.9. The van der Waals surface area contributed by atoms with Crippen LogP contribution in [0.3, 0.4) is 0 Å². The number of nitrogens with zero attached hydrogens (tertiary/aromatic N) is 3. The van der Waals surface area contributed by atoms with Gasteiger partial charge in [0, 0.05) is 43.0 Å². The Labute approximate surface area is 179 Å². The molecule has 0 aliphatic heterocycles. The predicted octanol–water partition coefficient (Wildman–Crippen LogP) is 4.76. The first kappa shape index (κ1) is 21.6. The number of rotatable bonds is 6. The van der Waals surface area contributed by atoms with E-state index in [2.05, 4.69) is 21.0 Å². The molecule has 2 aromatic carbocycles. The van der Waals surface area contributed by atoms with Crippen LogP contribution in [0, 0.1) is 11.6 Å². The monoisotopic (exact) mass is 477 g/mol. The average molecular weight is 478 g/mol. The van der Waals surface area contributed by atoms with Crippen molar-refractivity contribution in [2.24, 2.45) is 0 Å². The van der Waals surface area contributed by atoms with Crippen LogP contribution in [0.4, 0.5) is 19.3 Å². The van der Waals surface area contributed by atoms with Gasteiger partial charge in [-0.3, -0.25) is 9.69 Å². The van der Waals surface area contributed by atoms with E-state index in [9.17, 15) is 23.5 Å². The minimum atomic E-state index is -1.06. The normalized spacial score (nSPS) is 10.8. The third-order valence-corrected chi connectivity index (χ3v) is 5.14. The molecular weight excluding hydrogens is 460 g/mol. The number of anilines is 1. The zero-order valence-electron chi connectivity index (χ0n) is 16.0. The van der Waals surface area contributed by atoms with Crippen LogP contribution in [0.2, 0.25) is 0 Å². The van der Waals surface area contributed by atoms with Crippen molar-refractivity contribution in [3.63, 3.8) is 0 Å². The van der Waals surface area contributed by atoms with E-state index in [4.69, 9.17) is 0 Å².